The molecule has 3 aromatic rings. The van der Waals surface area contributed by atoms with Gasteiger partial charge in [0.2, 0.25) is 5.28 Å². The number of ether oxygens (including phenoxy) is 1. The number of hydrogen-bond donors (Lipinski definition) is 1. The number of aromatic nitrogens is 2. The van der Waals surface area contributed by atoms with E-state index in [2.05, 4.69) is 15.3 Å². The number of methoxy groups -OCH3 is 1. The Labute approximate surface area is 127 Å². The van der Waals surface area contributed by atoms with E-state index in [1.54, 1.807) is 7.11 Å². The number of benzene rings is 2. The average molecular weight is 300 g/mol. The minimum absolute atomic E-state index is 0.223. The maximum absolute atomic E-state index is 6.00. The Balaban J connectivity index is 2.06. The third-order valence-electron chi connectivity index (χ3n) is 3.15. The van der Waals surface area contributed by atoms with Gasteiger partial charge in [-0.2, -0.15) is 4.98 Å². The van der Waals surface area contributed by atoms with E-state index in [4.69, 9.17) is 16.3 Å². The number of para-hydroxylation sites is 2. The van der Waals surface area contributed by atoms with Gasteiger partial charge in [-0.15, -0.1) is 0 Å². The molecule has 1 N–H and O–H groups in total. The molecule has 0 amide bonds. The molecule has 106 valence electrons. The molecule has 1 aromatic heterocycles. The van der Waals surface area contributed by atoms with Crippen LogP contribution >= 0.6 is 11.6 Å². The molecule has 0 atom stereocenters. The normalized spacial score (nSPS) is 10.8. The van der Waals surface area contributed by atoms with Crippen molar-refractivity contribution < 1.29 is 4.74 Å². The van der Waals surface area contributed by atoms with Crippen LogP contribution in [0.25, 0.3) is 10.9 Å². The molecular weight excluding hydrogens is 286 g/mol. The van der Waals surface area contributed by atoms with Gasteiger partial charge in [0, 0.05) is 23.7 Å². The highest BCUT2D eigenvalue weighted by Gasteiger charge is 2.08. The second-order valence-electron chi connectivity index (χ2n) is 4.57. The first-order chi connectivity index (χ1) is 10.3. The van der Waals surface area contributed by atoms with Crippen molar-refractivity contribution in [3.8, 4) is 0 Å². The van der Waals surface area contributed by atoms with E-state index in [0.717, 1.165) is 22.2 Å². The molecule has 0 radical (unpaired) electrons. The van der Waals surface area contributed by atoms with Crippen LogP contribution in [0.1, 0.15) is 5.56 Å². The predicted molar refractivity (Wildman–Crippen MR) is 85.0 cm³/mol. The van der Waals surface area contributed by atoms with Crippen LogP contribution in [0, 0.1) is 0 Å². The Kier molecular flexibility index (Phi) is 3.99. The molecule has 5 heteroatoms. The largest absolute Gasteiger partial charge is 0.380 e. The Bertz CT molecular complexity index is 776. The molecule has 0 spiro atoms. The second-order valence-corrected chi connectivity index (χ2v) is 4.91. The third kappa shape index (κ3) is 2.96. The molecule has 2 aromatic carbocycles. The van der Waals surface area contributed by atoms with Gasteiger partial charge < -0.3 is 10.1 Å². The van der Waals surface area contributed by atoms with Gasteiger partial charge in [0.25, 0.3) is 0 Å². The van der Waals surface area contributed by atoms with Gasteiger partial charge in [0.1, 0.15) is 5.82 Å². The predicted octanol–water partition coefficient (Wildman–Crippen LogP) is 4.17. The summed E-state index contributed by atoms with van der Waals surface area (Å²) in [6, 6.07) is 15.7. The maximum Gasteiger partial charge on any atom is 0.224 e. The maximum atomic E-state index is 6.00. The minimum atomic E-state index is 0.223. The van der Waals surface area contributed by atoms with Gasteiger partial charge in [-0.3, -0.25) is 0 Å². The summed E-state index contributed by atoms with van der Waals surface area (Å²) in [4.78, 5) is 8.53. The Morgan fingerprint density at radius 2 is 1.81 bits per heavy atom. The van der Waals surface area contributed by atoms with Crippen LogP contribution in [0.3, 0.4) is 0 Å². The SMILES string of the molecule is COCc1ccccc1Nc1nc(Cl)nc2ccccc12. The zero-order chi connectivity index (χ0) is 14.7. The molecular formula is C16H14ClN3O. The zero-order valence-corrected chi connectivity index (χ0v) is 12.3. The summed E-state index contributed by atoms with van der Waals surface area (Å²) in [6.07, 6.45) is 0. The van der Waals surface area contributed by atoms with Crippen LogP contribution in [-0.4, -0.2) is 17.1 Å². The van der Waals surface area contributed by atoms with Crippen LogP contribution in [0.5, 0.6) is 0 Å². The molecule has 0 unspecified atom stereocenters. The third-order valence-corrected chi connectivity index (χ3v) is 3.32. The van der Waals surface area contributed by atoms with E-state index in [0.29, 0.717) is 12.4 Å². The highest BCUT2D eigenvalue weighted by atomic mass is 35.5. The van der Waals surface area contributed by atoms with Crippen molar-refractivity contribution in [2.45, 2.75) is 6.61 Å². The summed E-state index contributed by atoms with van der Waals surface area (Å²) < 4.78 is 5.22. The number of halogens is 1. The van der Waals surface area contributed by atoms with Crippen molar-refractivity contribution in [1.29, 1.82) is 0 Å². The van der Waals surface area contributed by atoms with Gasteiger partial charge >= 0.3 is 0 Å². The molecule has 0 fully saturated rings. The smallest absolute Gasteiger partial charge is 0.224 e. The van der Waals surface area contributed by atoms with Crippen LogP contribution in [-0.2, 0) is 11.3 Å². The summed E-state index contributed by atoms with van der Waals surface area (Å²) in [5.41, 5.74) is 2.81. The number of hydrogen-bond acceptors (Lipinski definition) is 4. The molecule has 21 heavy (non-hydrogen) atoms. The fraction of sp³-hybridized carbons (Fsp3) is 0.125. The first-order valence-electron chi connectivity index (χ1n) is 6.54. The summed E-state index contributed by atoms with van der Waals surface area (Å²) in [7, 11) is 1.67. The molecule has 0 aliphatic carbocycles. The number of anilines is 2. The molecule has 4 nitrogen and oxygen atoms in total. The molecule has 0 saturated heterocycles. The summed E-state index contributed by atoms with van der Waals surface area (Å²) >= 11 is 6.00. The lowest BCUT2D eigenvalue weighted by Crippen LogP contribution is -2.00. The molecule has 3 rings (SSSR count). The summed E-state index contributed by atoms with van der Waals surface area (Å²) in [6.45, 7) is 0.528. The van der Waals surface area contributed by atoms with Crippen molar-refractivity contribution in [3.05, 3.63) is 59.4 Å². The first-order valence-corrected chi connectivity index (χ1v) is 6.92. The number of nitrogens with one attached hydrogen (secondary N) is 1. The lowest BCUT2D eigenvalue weighted by atomic mass is 10.1. The van der Waals surface area contributed by atoms with Crippen molar-refractivity contribution in [2.75, 3.05) is 12.4 Å². The molecule has 0 bridgehead atoms. The Morgan fingerprint density at radius 3 is 2.67 bits per heavy atom. The van der Waals surface area contributed by atoms with Crippen molar-refractivity contribution in [1.82, 2.24) is 9.97 Å². The van der Waals surface area contributed by atoms with E-state index >= 15 is 0 Å². The highest BCUT2D eigenvalue weighted by Crippen LogP contribution is 2.27. The fourth-order valence-corrected chi connectivity index (χ4v) is 2.37. The number of nitrogens with zero attached hydrogens (tertiary/aromatic N) is 2. The summed E-state index contributed by atoms with van der Waals surface area (Å²) in [5.74, 6) is 0.689. The monoisotopic (exact) mass is 299 g/mol. The van der Waals surface area contributed by atoms with Crippen molar-refractivity contribution in [2.24, 2.45) is 0 Å². The highest BCUT2D eigenvalue weighted by molar-refractivity contribution is 6.28. The van der Waals surface area contributed by atoms with Gasteiger partial charge in [-0.1, -0.05) is 30.3 Å². The standard InChI is InChI=1S/C16H14ClN3O/c1-21-10-11-6-2-4-8-13(11)18-15-12-7-3-5-9-14(12)19-16(17)20-15/h2-9H,10H2,1H3,(H,18,19,20). The van der Waals surface area contributed by atoms with Crippen LogP contribution in [0.4, 0.5) is 11.5 Å². The lowest BCUT2D eigenvalue weighted by molar-refractivity contribution is 0.185. The van der Waals surface area contributed by atoms with Gasteiger partial charge in [-0.25, -0.2) is 4.98 Å². The zero-order valence-electron chi connectivity index (χ0n) is 11.5. The number of fused-ring (bicyclic) bond motifs is 1. The Hall–Kier alpha value is -2.17. The lowest BCUT2D eigenvalue weighted by Gasteiger charge is -2.12. The second kappa shape index (κ2) is 6.08. The van der Waals surface area contributed by atoms with E-state index in [1.165, 1.54) is 0 Å². The molecule has 1 heterocycles. The van der Waals surface area contributed by atoms with E-state index in [1.807, 2.05) is 48.5 Å². The topological polar surface area (TPSA) is 47.0 Å². The van der Waals surface area contributed by atoms with E-state index in [-0.39, 0.29) is 5.28 Å². The van der Waals surface area contributed by atoms with Gasteiger partial charge in [0.05, 0.1) is 12.1 Å². The fourth-order valence-electron chi connectivity index (χ4n) is 2.19. The molecule has 0 saturated carbocycles. The van der Waals surface area contributed by atoms with Crippen LogP contribution < -0.4 is 5.32 Å². The quantitative estimate of drug-likeness (QED) is 0.734. The average Bonchev–Trinajstić information content (AvgIpc) is 2.49. The van der Waals surface area contributed by atoms with Gasteiger partial charge in [-0.05, 0) is 29.8 Å². The van der Waals surface area contributed by atoms with Crippen molar-refractivity contribution >= 4 is 34.0 Å². The van der Waals surface area contributed by atoms with E-state index in [9.17, 15) is 0 Å². The molecule has 0 aliphatic rings. The Morgan fingerprint density at radius 1 is 1.05 bits per heavy atom. The molecule has 0 aliphatic heterocycles. The minimum Gasteiger partial charge on any atom is -0.380 e. The van der Waals surface area contributed by atoms with Crippen LogP contribution in [0.2, 0.25) is 5.28 Å². The van der Waals surface area contributed by atoms with E-state index < -0.39 is 0 Å². The van der Waals surface area contributed by atoms with Gasteiger partial charge in [0.15, 0.2) is 0 Å². The summed E-state index contributed by atoms with van der Waals surface area (Å²) in [5, 5.41) is 4.47. The van der Waals surface area contributed by atoms with Crippen molar-refractivity contribution in [3.63, 3.8) is 0 Å². The number of rotatable bonds is 4. The first kappa shape index (κ1) is 13.8. The van der Waals surface area contributed by atoms with Crippen LogP contribution in [0.15, 0.2) is 48.5 Å².